The van der Waals surface area contributed by atoms with E-state index in [1.54, 1.807) is 55.6 Å². The summed E-state index contributed by atoms with van der Waals surface area (Å²) in [6.45, 7) is 1.51. The molecule has 0 aliphatic carbocycles. The van der Waals surface area contributed by atoms with Crippen LogP contribution in [0, 0.1) is 0 Å². The molecule has 2 aliphatic rings. The quantitative estimate of drug-likeness (QED) is 0.723. The topological polar surface area (TPSA) is 87.1 Å². The van der Waals surface area contributed by atoms with Crippen LogP contribution in [0.5, 0.6) is 5.75 Å². The highest BCUT2D eigenvalue weighted by atomic mass is 16.5. The molecule has 2 aromatic carbocycles. The number of ketones is 1. The number of fused-ring (bicyclic) bond motifs is 1. The lowest BCUT2D eigenvalue weighted by atomic mass is 9.88. The minimum atomic E-state index is -1.88. The Kier molecular flexibility index (Phi) is 5.78. The summed E-state index contributed by atoms with van der Waals surface area (Å²) in [7, 11) is 1.58. The van der Waals surface area contributed by atoms with Crippen LogP contribution >= 0.6 is 0 Å². The number of likely N-dealkylation sites (N-methyl/N-ethyl adjacent to an activating group) is 1. The van der Waals surface area contributed by atoms with Crippen LogP contribution in [0.2, 0.25) is 0 Å². The van der Waals surface area contributed by atoms with E-state index >= 15 is 0 Å². The van der Waals surface area contributed by atoms with Gasteiger partial charge in [0, 0.05) is 31.3 Å². The molecule has 4 rings (SSSR count). The number of ether oxygens (including phenoxy) is 1. The maximum Gasteiger partial charge on any atom is 0.263 e. The van der Waals surface area contributed by atoms with E-state index in [0.717, 1.165) is 32.4 Å². The molecule has 2 heterocycles. The zero-order valence-corrected chi connectivity index (χ0v) is 17.5. The summed E-state index contributed by atoms with van der Waals surface area (Å²) in [5.74, 6) is -0.414. The van der Waals surface area contributed by atoms with Gasteiger partial charge in [-0.3, -0.25) is 14.4 Å². The highest BCUT2D eigenvalue weighted by molar-refractivity contribution is 6.10. The van der Waals surface area contributed by atoms with E-state index in [9.17, 15) is 19.5 Å². The van der Waals surface area contributed by atoms with Crippen molar-refractivity contribution in [2.24, 2.45) is 0 Å². The Morgan fingerprint density at radius 1 is 1.03 bits per heavy atom. The molecule has 1 atom stereocenters. The molecule has 0 radical (unpaired) electrons. The third-order valence-corrected chi connectivity index (χ3v) is 6.03. The number of para-hydroxylation sites is 1. The van der Waals surface area contributed by atoms with Gasteiger partial charge in [-0.2, -0.15) is 0 Å². The van der Waals surface area contributed by atoms with Crippen LogP contribution in [0.25, 0.3) is 0 Å². The molecule has 1 fully saturated rings. The summed E-state index contributed by atoms with van der Waals surface area (Å²) >= 11 is 0. The van der Waals surface area contributed by atoms with Gasteiger partial charge in [0.25, 0.3) is 11.8 Å². The number of carbonyl (C=O) groups excluding carboxylic acids is 3. The molecule has 162 valence electrons. The fraction of sp³-hybridized carbons (Fsp3) is 0.375. The first-order chi connectivity index (χ1) is 14.9. The molecule has 2 amide bonds. The van der Waals surface area contributed by atoms with Crippen molar-refractivity contribution in [3.63, 3.8) is 0 Å². The summed E-state index contributed by atoms with van der Waals surface area (Å²) in [6.07, 6.45) is 2.86. The molecule has 0 aromatic heterocycles. The molecular formula is C24H26N2O5. The molecule has 0 bridgehead atoms. The van der Waals surface area contributed by atoms with Crippen LogP contribution in [-0.4, -0.2) is 54.3 Å². The maximum atomic E-state index is 12.8. The number of carbonyl (C=O) groups is 3. The molecule has 2 aromatic rings. The standard InChI is InChI=1S/C24H26N2O5/c1-25-20-8-4-3-7-19(20)24(30,23(25)29)15-21(27)17-9-11-18(12-10-17)31-16-22(28)26-13-5-2-6-14-26/h3-4,7-12,30H,2,5-6,13-16H2,1H3/t24-/m0/s1. The lowest BCUT2D eigenvalue weighted by molar-refractivity contribution is -0.135. The highest BCUT2D eigenvalue weighted by Crippen LogP contribution is 2.41. The number of Topliss-reactive ketones (excluding diaryl/α,β-unsaturated/α-hetero) is 1. The van der Waals surface area contributed by atoms with Gasteiger partial charge in [-0.1, -0.05) is 18.2 Å². The molecule has 2 aliphatic heterocycles. The van der Waals surface area contributed by atoms with Gasteiger partial charge in [0.1, 0.15) is 5.75 Å². The molecule has 7 nitrogen and oxygen atoms in total. The third-order valence-electron chi connectivity index (χ3n) is 6.03. The Morgan fingerprint density at radius 2 is 1.71 bits per heavy atom. The number of hydrogen-bond acceptors (Lipinski definition) is 5. The van der Waals surface area contributed by atoms with Gasteiger partial charge in [0.15, 0.2) is 18.0 Å². The van der Waals surface area contributed by atoms with Crippen molar-refractivity contribution < 1.29 is 24.2 Å². The van der Waals surface area contributed by atoms with E-state index in [2.05, 4.69) is 0 Å². The SMILES string of the molecule is CN1C(=O)[C@](O)(CC(=O)c2ccc(OCC(=O)N3CCCCC3)cc2)c2ccccc21. The first kappa shape index (κ1) is 21.1. The normalized spacial score (nSPS) is 20.5. The Bertz CT molecular complexity index is 997. The Labute approximate surface area is 181 Å². The zero-order chi connectivity index (χ0) is 22.0. The number of aliphatic hydroxyl groups is 1. The first-order valence-corrected chi connectivity index (χ1v) is 10.5. The van der Waals surface area contributed by atoms with E-state index in [1.165, 1.54) is 4.90 Å². The van der Waals surface area contributed by atoms with Crippen molar-refractivity contribution in [2.75, 3.05) is 31.6 Å². The Balaban J connectivity index is 1.40. The summed E-state index contributed by atoms with van der Waals surface area (Å²) in [4.78, 5) is 40.9. The minimum Gasteiger partial charge on any atom is -0.484 e. The zero-order valence-electron chi connectivity index (χ0n) is 17.5. The predicted molar refractivity (Wildman–Crippen MR) is 115 cm³/mol. The van der Waals surface area contributed by atoms with Crippen LogP contribution in [0.4, 0.5) is 5.69 Å². The van der Waals surface area contributed by atoms with Gasteiger partial charge in [0.2, 0.25) is 0 Å². The molecule has 0 unspecified atom stereocenters. The summed E-state index contributed by atoms with van der Waals surface area (Å²) in [5.41, 5.74) is -0.474. The molecule has 31 heavy (non-hydrogen) atoms. The number of benzene rings is 2. The van der Waals surface area contributed by atoms with E-state index < -0.39 is 11.5 Å². The molecule has 1 saturated heterocycles. The molecule has 1 N–H and O–H groups in total. The second-order valence-electron chi connectivity index (χ2n) is 8.10. The van der Waals surface area contributed by atoms with Crippen LogP contribution < -0.4 is 9.64 Å². The number of hydrogen-bond donors (Lipinski definition) is 1. The number of rotatable bonds is 6. The highest BCUT2D eigenvalue weighted by Gasteiger charge is 2.49. The van der Waals surface area contributed by atoms with Crippen molar-refractivity contribution >= 4 is 23.3 Å². The smallest absolute Gasteiger partial charge is 0.263 e. The van der Waals surface area contributed by atoms with E-state index in [1.807, 2.05) is 4.90 Å². The minimum absolute atomic E-state index is 0.0370. The fourth-order valence-electron chi connectivity index (χ4n) is 4.24. The first-order valence-electron chi connectivity index (χ1n) is 10.5. The second kappa shape index (κ2) is 8.51. The Morgan fingerprint density at radius 3 is 2.42 bits per heavy atom. The summed E-state index contributed by atoms with van der Waals surface area (Å²) < 4.78 is 5.57. The van der Waals surface area contributed by atoms with E-state index in [0.29, 0.717) is 22.6 Å². The number of likely N-dealkylation sites (tertiary alicyclic amines) is 1. The van der Waals surface area contributed by atoms with Crippen molar-refractivity contribution in [3.05, 3.63) is 59.7 Å². The monoisotopic (exact) mass is 422 g/mol. The lowest BCUT2D eigenvalue weighted by Gasteiger charge is -2.26. The van der Waals surface area contributed by atoms with Crippen LogP contribution in [0.3, 0.4) is 0 Å². The maximum absolute atomic E-state index is 12.8. The largest absolute Gasteiger partial charge is 0.484 e. The average Bonchev–Trinajstić information content (AvgIpc) is 2.99. The van der Waals surface area contributed by atoms with Gasteiger partial charge < -0.3 is 19.6 Å². The van der Waals surface area contributed by atoms with Gasteiger partial charge in [0.05, 0.1) is 12.1 Å². The van der Waals surface area contributed by atoms with Gasteiger partial charge in [-0.15, -0.1) is 0 Å². The van der Waals surface area contributed by atoms with Crippen molar-refractivity contribution in [2.45, 2.75) is 31.3 Å². The van der Waals surface area contributed by atoms with Crippen LogP contribution in [0.1, 0.15) is 41.6 Å². The van der Waals surface area contributed by atoms with E-state index in [-0.39, 0.29) is 24.7 Å². The van der Waals surface area contributed by atoms with Crippen LogP contribution in [-0.2, 0) is 15.2 Å². The predicted octanol–water partition coefficient (Wildman–Crippen LogP) is 2.51. The number of piperidine rings is 1. The van der Waals surface area contributed by atoms with Crippen molar-refractivity contribution in [1.29, 1.82) is 0 Å². The third kappa shape index (κ3) is 4.05. The lowest BCUT2D eigenvalue weighted by Crippen LogP contribution is -2.40. The molecular weight excluding hydrogens is 396 g/mol. The average molecular weight is 422 g/mol. The van der Waals surface area contributed by atoms with Crippen LogP contribution in [0.15, 0.2) is 48.5 Å². The second-order valence-corrected chi connectivity index (χ2v) is 8.10. The van der Waals surface area contributed by atoms with E-state index in [4.69, 9.17) is 4.74 Å². The molecule has 0 spiro atoms. The number of anilines is 1. The van der Waals surface area contributed by atoms with Gasteiger partial charge in [-0.25, -0.2) is 0 Å². The fourth-order valence-corrected chi connectivity index (χ4v) is 4.24. The van der Waals surface area contributed by atoms with Crippen molar-refractivity contribution in [3.8, 4) is 5.75 Å². The Hall–Kier alpha value is -3.19. The summed E-state index contributed by atoms with van der Waals surface area (Å²) in [6, 6.07) is 13.3. The number of nitrogens with zero attached hydrogens (tertiary/aromatic N) is 2. The molecule has 7 heteroatoms. The molecule has 0 saturated carbocycles. The number of amides is 2. The summed E-state index contributed by atoms with van der Waals surface area (Å²) in [5, 5.41) is 11.1. The van der Waals surface area contributed by atoms with Crippen molar-refractivity contribution in [1.82, 2.24) is 4.90 Å². The van der Waals surface area contributed by atoms with Gasteiger partial charge in [-0.05, 0) is 49.6 Å². The van der Waals surface area contributed by atoms with Gasteiger partial charge >= 0.3 is 0 Å².